The summed E-state index contributed by atoms with van der Waals surface area (Å²) < 4.78 is 0. The van der Waals surface area contributed by atoms with Gasteiger partial charge in [-0.15, -0.1) is 0 Å². The molecule has 0 aromatic heterocycles. The Balaban J connectivity index is 1.57. The fourth-order valence-electron chi connectivity index (χ4n) is 5.13. The van der Waals surface area contributed by atoms with Crippen molar-refractivity contribution in [2.45, 2.75) is 95.7 Å². The van der Waals surface area contributed by atoms with E-state index in [1.807, 2.05) is 0 Å². The van der Waals surface area contributed by atoms with E-state index in [4.69, 9.17) is 0 Å². The summed E-state index contributed by atoms with van der Waals surface area (Å²) in [4.78, 5) is 2.93. The van der Waals surface area contributed by atoms with Crippen LogP contribution in [0.2, 0.25) is 0 Å². The second kappa shape index (κ2) is 7.26. The topological polar surface area (TPSA) is 15.3 Å². The fraction of sp³-hybridized carbons (Fsp3) is 1.00. The largest absolute Gasteiger partial charge is 0.312 e. The van der Waals surface area contributed by atoms with Crippen molar-refractivity contribution in [1.29, 1.82) is 0 Å². The minimum absolute atomic E-state index is 0.812. The van der Waals surface area contributed by atoms with Gasteiger partial charge in [0.1, 0.15) is 0 Å². The molecule has 3 rings (SSSR count). The molecule has 0 aromatic rings. The Bertz CT molecular complexity index is 285. The average Bonchev–Trinajstić information content (AvgIpc) is 3.08. The van der Waals surface area contributed by atoms with Gasteiger partial charge in [-0.25, -0.2) is 0 Å². The predicted octanol–water partition coefficient (Wildman–Crippen LogP) is 3.95. The summed E-state index contributed by atoms with van der Waals surface area (Å²) in [7, 11) is 0. The Morgan fingerprint density at radius 3 is 2.70 bits per heavy atom. The van der Waals surface area contributed by atoms with Gasteiger partial charge in [-0.2, -0.15) is 0 Å². The Kier molecular flexibility index (Phi) is 5.39. The average molecular weight is 278 g/mol. The van der Waals surface area contributed by atoms with Crippen LogP contribution in [0, 0.1) is 5.92 Å². The Morgan fingerprint density at radius 2 is 1.90 bits per heavy atom. The summed E-state index contributed by atoms with van der Waals surface area (Å²) >= 11 is 0. The maximum Gasteiger partial charge on any atom is 0.0252 e. The molecule has 0 bridgehead atoms. The Labute approximate surface area is 125 Å². The molecule has 116 valence electrons. The van der Waals surface area contributed by atoms with Crippen LogP contribution in [-0.2, 0) is 0 Å². The molecule has 3 fully saturated rings. The van der Waals surface area contributed by atoms with Crippen LogP contribution in [0.4, 0.5) is 0 Å². The summed E-state index contributed by atoms with van der Waals surface area (Å²) in [6, 6.07) is 2.59. The molecule has 20 heavy (non-hydrogen) atoms. The summed E-state index contributed by atoms with van der Waals surface area (Å²) in [5, 5.41) is 3.77. The van der Waals surface area contributed by atoms with E-state index < -0.39 is 0 Å². The van der Waals surface area contributed by atoms with Crippen molar-refractivity contribution < 1.29 is 0 Å². The van der Waals surface area contributed by atoms with Crippen LogP contribution < -0.4 is 5.32 Å². The molecule has 0 aromatic carbocycles. The van der Waals surface area contributed by atoms with Crippen LogP contribution >= 0.6 is 0 Å². The van der Waals surface area contributed by atoms with E-state index in [1.165, 1.54) is 83.7 Å². The van der Waals surface area contributed by atoms with E-state index >= 15 is 0 Å². The first kappa shape index (κ1) is 14.8. The summed E-state index contributed by atoms with van der Waals surface area (Å²) in [5.74, 6) is 1.04. The lowest BCUT2D eigenvalue weighted by atomic mass is 9.95. The number of hydrogen-bond donors (Lipinski definition) is 1. The molecular weight excluding hydrogens is 244 g/mol. The minimum Gasteiger partial charge on any atom is -0.312 e. The van der Waals surface area contributed by atoms with Gasteiger partial charge in [0.2, 0.25) is 0 Å². The fourth-order valence-corrected chi connectivity index (χ4v) is 5.13. The second-order valence-electron chi connectivity index (χ2n) is 7.47. The molecule has 2 heteroatoms. The van der Waals surface area contributed by atoms with Gasteiger partial charge in [-0.05, 0) is 64.0 Å². The van der Waals surface area contributed by atoms with Gasteiger partial charge >= 0.3 is 0 Å². The van der Waals surface area contributed by atoms with Crippen molar-refractivity contribution in [1.82, 2.24) is 10.2 Å². The summed E-state index contributed by atoms with van der Waals surface area (Å²) in [6.07, 6.45) is 16.0. The van der Waals surface area contributed by atoms with Crippen LogP contribution in [0.25, 0.3) is 0 Å². The van der Waals surface area contributed by atoms with Crippen LogP contribution in [0.15, 0.2) is 0 Å². The molecule has 1 saturated carbocycles. The predicted molar refractivity (Wildman–Crippen MR) is 86.0 cm³/mol. The molecule has 2 heterocycles. The molecule has 0 amide bonds. The third-order valence-corrected chi connectivity index (χ3v) is 6.13. The van der Waals surface area contributed by atoms with Crippen LogP contribution in [0.5, 0.6) is 0 Å². The molecule has 4 atom stereocenters. The highest BCUT2D eigenvalue weighted by Gasteiger charge is 2.37. The van der Waals surface area contributed by atoms with E-state index in [1.54, 1.807) is 0 Å². The van der Waals surface area contributed by atoms with Gasteiger partial charge in [-0.3, -0.25) is 4.90 Å². The Hall–Kier alpha value is -0.0800. The lowest BCUT2D eigenvalue weighted by Crippen LogP contribution is -2.48. The molecule has 2 nitrogen and oxygen atoms in total. The van der Waals surface area contributed by atoms with Crippen LogP contribution in [-0.4, -0.2) is 36.1 Å². The van der Waals surface area contributed by atoms with Gasteiger partial charge in [0, 0.05) is 18.1 Å². The Morgan fingerprint density at radius 1 is 0.950 bits per heavy atom. The molecule has 2 saturated heterocycles. The van der Waals surface area contributed by atoms with Crippen LogP contribution in [0.1, 0.15) is 77.6 Å². The summed E-state index contributed by atoms with van der Waals surface area (Å²) in [5.41, 5.74) is 0. The minimum atomic E-state index is 0.812. The number of nitrogens with one attached hydrogen (secondary N) is 1. The standard InChI is InChI=1S/C18H34N2/c1-2-6-15-7-3-8-16(12-11-15)20-14-5-10-18(20)17-9-4-13-19-17/h15-19H,2-14H2,1H3. The maximum atomic E-state index is 3.77. The van der Waals surface area contributed by atoms with Crippen molar-refractivity contribution in [3.63, 3.8) is 0 Å². The van der Waals surface area contributed by atoms with E-state index in [-0.39, 0.29) is 0 Å². The van der Waals surface area contributed by atoms with Gasteiger partial charge in [0.05, 0.1) is 0 Å². The quantitative estimate of drug-likeness (QED) is 0.783. The first-order chi connectivity index (χ1) is 9.88. The molecule has 4 unspecified atom stereocenters. The third kappa shape index (κ3) is 3.39. The summed E-state index contributed by atoms with van der Waals surface area (Å²) in [6.45, 7) is 4.99. The van der Waals surface area contributed by atoms with Crippen molar-refractivity contribution >= 4 is 0 Å². The first-order valence-electron chi connectivity index (χ1n) is 9.37. The number of nitrogens with zero attached hydrogens (tertiary/aromatic N) is 1. The van der Waals surface area contributed by atoms with Crippen molar-refractivity contribution in [3.8, 4) is 0 Å². The van der Waals surface area contributed by atoms with Crippen molar-refractivity contribution in [3.05, 3.63) is 0 Å². The van der Waals surface area contributed by atoms with Gasteiger partial charge in [0.15, 0.2) is 0 Å². The lowest BCUT2D eigenvalue weighted by molar-refractivity contribution is 0.138. The monoisotopic (exact) mass is 278 g/mol. The van der Waals surface area contributed by atoms with E-state index in [9.17, 15) is 0 Å². The van der Waals surface area contributed by atoms with Crippen molar-refractivity contribution in [2.75, 3.05) is 13.1 Å². The lowest BCUT2D eigenvalue weighted by Gasteiger charge is -2.36. The second-order valence-corrected chi connectivity index (χ2v) is 7.47. The number of likely N-dealkylation sites (tertiary alicyclic amines) is 1. The zero-order chi connectivity index (χ0) is 13.8. The van der Waals surface area contributed by atoms with E-state index in [2.05, 4.69) is 17.1 Å². The van der Waals surface area contributed by atoms with E-state index in [0.29, 0.717) is 0 Å². The zero-order valence-electron chi connectivity index (χ0n) is 13.4. The molecule has 3 aliphatic rings. The zero-order valence-corrected chi connectivity index (χ0v) is 13.4. The molecule has 1 N–H and O–H groups in total. The number of rotatable bonds is 4. The van der Waals surface area contributed by atoms with Gasteiger partial charge < -0.3 is 5.32 Å². The molecule has 0 radical (unpaired) electrons. The van der Waals surface area contributed by atoms with Crippen LogP contribution in [0.3, 0.4) is 0 Å². The van der Waals surface area contributed by atoms with Gasteiger partial charge in [-0.1, -0.05) is 32.6 Å². The molecule has 0 spiro atoms. The normalized spacial score (nSPS) is 40.0. The van der Waals surface area contributed by atoms with Crippen molar-refractivity contribution in [2.24, 2.45) is 5.92 Å². The molecule has 1 aliphatic carbocycles. The van der Waals surface area contributed by atoms with Gasteiger partial charge in [0.25, 0.3) is 0 Å². The molecular formula is C18H34N2. The maximum absolute atomic E-state index is 3.77. The van der Waals surface area contributed by atoms with E-state index in [0.717, 1.165) is 24.0 Å². The first-order valence-corrected chi connectivity index (χ1v) is 9.37. The SMILES string of the molecule is CCCC1CCCC(N2CCCC2C2CCCN2)CC1. The highest BCUT2D eigenvalue weighted by atomic mass is 15.2. The number of hydrogen-bond acceptors (Lipinski definition) is 2. The highest BCUT2D eigenvalue weighted by Crippen LogP contribution is 2.34. The third-order valence-electron chi connectivity index (χ3n) is 6.13. The smallest absolute Gasteiger partial charge is 0.0252 e. The highest BCUT2D eigenvalue weighted by molar-refractivity contribution is 4.95. The molecule has 2 aliphatic heterocycles.